The predicted molar refractivity (Wildman–Crippen MR) is 74.5 cm³/mol. The molecule has 1 heterocycles. The van der Waals surface area contributed by atoms with Gasteiger partial charge in [-0.15, -0.1) is 11.8 Å². The van der Waals surface area contributed by atoms with Gasteiger partial charge >= 0.3 is 5.97 Å². The highest BCUT2D eigenvalue weighted by Gasteiger charge is 2.10. The Morgan fingerprint density at radius 3 is 2.84 bits per heavy atom. The van der Waals surface area contributed by atoms with E-state index in [-0.39, 0.29) is 12.3 Å². The summed E-state index contributed by atoms with van der Waals surface area (Å²) in [6.07, 6.45) is 5.96. The van der Waals surface area contributed by atoms with E-state index < -0.39 is 5.97 Å². The molecule has 0 saturated heterocycles. The van der Waals surface area contributed by atoms with E-state index in [0.29, 0.717) is 23.6 Å². The number of thioether (sulfide) groups is 1. The summed E-state index contributed by atoms with van der Waals surface area (Å²) in [6, 6.07) is 3.49. The van der Waals surface area contributed by atoms with Gasteiger partial charge in [0.15, 0.2) is 0 Å². The van der Waals surface area contributed by atoms with E-state index in [0.717, 1.165) is 12.8 Å². The molecule has 1 aromatic heterocycles. The molecule has 0 bridgehead atoms. The molecular formula is C13H18N2O3S. The minimum atomic E-state index is -0.774. The first-order valence-corrected chi connectivity index (χ1v) is 7.36. The lowest BCUT2D eigenvalue weighted by Gasteiger charge is -2.07. The van der Waals surface area contributed by atoms with E-state index in [4.69, 9.17) is 5.11 Å². The number of hydrogen-bond acceptors (Lipinski definition) is 4. The Hall–Kier alpha value is -1.56. The molecule has 104 valence electrons. The Balaban J connectivity index is 2.29. The lowest BCUT2D eigenvalue weighted by molar-refractivity contribution is -0.137. The summed E-state index contributed by atoms with van der Waals surface area (Å²) >= 11 is 1.44. The SMILES string of the molecule is CSc1ncccc1C(=O)NCCCCCC(=O)O. The highest BCUT2D eigenvalue weighted by molar-refractivity contribution is 7.98. The fourth-order valence-electron chi connectivity index (χ4n) is 1.60. The van der Waals surface area contributed by atoms with E-state index >= 15 is 0 Å². The van der Waals surface area contributed by atoms with Crippen molar-refractivity contribution in [2.45, 2.75) is 30.7 Å². The molecule has 5 nitrogen and oxygen atoms in total. The van der Waals surface area contributed by atoms with Crippen LogP contribution in [0.4, 0.5) is 0 Å². The van der Waals surface area contributed by atoms with Crippen LogP contribution in [0.15, 0.2) is 23.4 Å². The van der Waals surface area contributed by atoms with Gasteiger partial charge in [0.2, 0.25) is 0 Å². The topological polar surface area (TPSA) is 79.3 Å². The molecule has 6 heteroatoms. The largest absolute Gasteiger partial charge is 0.481 e. The normalized spacial score (nSPS) is 10.2. The highest BCUT2D eigenvalue weighted by Crippen LogP contribution is 2.16. The molecular weight excluding hydrogens is 264 g/mol. The maximum absolute atomic E-state index is 11.9. The van der Waals surface area contributed by atoms with E-state index in [2.05, 4.69) is 10.3 Å². The van der Waals surface area contributed by atoms with Gasteiger partial charge in [0.05, 0.1) is 5.56 Å². The van der Waals surface area contributed by atoms with Crippen molar-refractivity contribution in [3.63, 3.8) is 0 Å². The molecule has 1 amide bonds. The van der Waals surface area contributed by atoms with Gasteiger partial charge in [-0.1, -0.05) is 6.42 Å². The van der Waals surface area contributed by atoms with Crippen molar-refractivity contribution < 1.29 is 14.7 Å². The molecule has 0 fully saturated rings. The van der Waals surface area contributed by atoms with Gasteiger partial charge in [-0.05, 0) is 31.2 Å². The molecule has 0 radical (unpaired) electrons. The van der Waals surface area contributed by atoms with Crippen molar-refractivity contribution in [1.82, 2.24) is 10.3 Å². The Morgan fingerprint density at radius 2 is 2.16 bits per heavy atom. The van der Waals surface area contributed by atoms with Crippen LogP contribution in [0.25, 0.3) is 0 Å². The first kappa shape index (κ1) is 15.5. The zero-order valence-electron chi connectivity index (χ0n) is 10.9. The third kappa shape index (κ3) is 5.74. The minimum Gasteiger partial charge on any atom is -0.481 e. The van der Waals surface area contributed by atoms with E-state index in [1.807, 2.05) is 6.26 Å². The molecule has 0 saturated carbocycles. The molecule has 0 aliphatic carbocycles. The van der Waals surface area contributed by atoms with Gasteiger partial charge < -0.3 is 10.4 Å². The second-order valence-electron chi connectivity index (χ2n) is 4.02. The number of carbonyl (C=O) groups excluding carboxylic acids is 1. The van der Waals surface area contributed by atoms with Crippen LogP contribution in [0, 0.1) is 0 Å². The van der Waals surface area contributed by atoms with Gasteiger partial charge in [-0.25, -0.2) is 4.98 Å². The number of rotatable bonds is 8. The van der Waals surface area contributed by atoms with Gasteiger partial charge in [-0.2, -0.15) is 0 Å². The Labute approximate surface area is 116 Å². The fourth-order valence-corrected chi connectivity index (χ4v) is 2.15. The van der Waals surface area contributed by atoms with Crippen LogP contribution in [-0.4, -0.2) is 34.8 Å². The van der Waals surface area contributed by atoms with Gasteiger partial charge in [-0.3, -0.25) is 9.59 Å². The molecule has 0 atom stereocenters. The fraction of sp³-hybridized carbons (Fsp3) is 0.462. The zero-order valence-corrected chi connectivity index (χ0v) is 11.7. The average molecular weight is 282 g/mol. The summed E-state index contributed by atoms with van der Waals surface area (Å²) in [6.45, 7) is 0.557. The standard InChI is InChI=1S/C13H18N2O3S/c1-19-13-10(6-5-9-15-13)12(18)14-8-4-2-3-7-11(16)17/h5-6,9H,2-4,7-8H2,1H3,(H,14,18)(H,16,17). The van der Waals surface area contributed by atoms with E-state index in [1.54, 1.807) is 18.3 Å². The van der Waals surface area contributed by atoms with Crippen LogP contribution in [0.3, 0.4) is 0 Å². The van der Waals surface area contributed by atoms with Crippen LogP contribution in [-0.2, 0) is 4.79 Å². The van der Waals surface area contributed by atoms with Crippen molar-refractivity contribution in [2.24, 2.45) is 0 Å². The third-order valence-electron chi connectivity index (χ3n) is 2.56. The maximum atomic E-state index is 11.9. The summed E-state index contributed by atoms with van der Waals surface area (Å²) in [4.78, 5) is 26.4. The van der Waals surface area contributed by atoms with Crippen molar-refractivity contribution in [1.29, 1.82) is 0 Å². The quantitative estimate of drug-likeness (QED) is 0.564. The van der Waals surface area contributed by atoms with E-state index in [9.17, 15) is 9.59 Å². The third-order valence-corrected chi connectivity index (χ3v) is 3.27. The number of unbranched alkanes of at least 4 members (excludes halogenated alkanes) is 2. The summed E-state index contributed by atoms with van der Waals surface area (Å²) in [5.74, 6) is -0.903. The molecule has 0 spiro atoms. The molecule has 2 N–H and O–H groups in total. The minimum absolute atomic E-state index is 0.129. The van der Waals surface area contributed by atoms with Gasteiger partial charge in [0.1, 0.15) is 5.03 Å². The number of amides is 1. The number of carboxylic acid groups (broad SMARTS) is 1. The smallest absolute Gasteiger partial charge is 0.303 e. The number of aliphatic carboxylic acids is 1. The second-order valence-corrected chi connectivity index (χ2v) is 4.82. The van der Waals surface area contributed by atoms with Crippen molar-refractivity contribution in [3.8, 4) is 0 Å². The molecule has 1 rings (SSSR count). The number of hydrogen-bond donors (Lipinski definition) is 2. The number of pyridine rings is 1. The van der Waals surface area contributed by atoms with Crippen molar-refractivity contribution in [2.75, 3.05) is 12.8 Å². The predicted octanol–water partition coefficient (Wildman–Crippen LogP) is 2.18. The van der Waals surface area contributed by atoms with Gasteiger partial charge in [0.25, 0.3) is 5.91 Å². The van der Waals surface area contributed by atoms with E-state index in [1.165, 1.54) is 11.8 Å². The Morgan fingerprint density at radius 1 is 1.37 bits per heavy atom. The molecule has 0 aromatic carbocycles. The highest BCUT2D eigenvalue weighted by atomic mass is 32.2. The summed E-state index contributed by atoms with van der Waals surface area (Å²) < 4.78 is 0. The van der Waals surface area contributed by atoms with Crippen molar-refractivity contribution >= 4 is 23.6 Å². The average Bonchev–Trinajstić information content (AvgIpc) is 2.42. The first-order chi connectivity index (χ1) is 9.15. The molecule has 0 unspecified atom stereocenters. The van der Waals surface area contributed by atoms with Crippen LogP contribution in [0.2, 0.25) is 0 Å². The maximum Gasteiger partial charge on any atom is 0.303 e. The summed E-state index contributed by atoms with van der Waals surface area (Å²) in [5.41, 5.74) is 0.584. The molecule has 0 aliphatic heterocycles. The number of nitrogens with one attached hydrogen (secondary N) is 1. The lowest BCUT2D eigenvalue weighted by atomic mass is 10.2. The molecule has 19 heavy (non-hydrogen) atoms. The first-order valence-electron chi connectivity index (χ1n) is 6.14. The number of carbonyl (C=O) groups is 2. The number of carboxylic acids is 1. The Bertz CT molecular complexity index is 438. The van der Waals surface area contributed by atoms with Crippen molar-refractivity contribution in [3.05, 3.63) is 23.9 Å². The number of aromatic nitrogens is 1. The molecule has 0 aliphatic rings. The van der Waals surface area contributed by atoms with Gasteiger partial charge in [0, 0.05) is 19.2 Å². The monoisotopic (exact) mass is 282 g/mol. The van der Waals surface area contributed by atoms with Crippen LogP contribution < -0.4 is 5.32 Å². The molecule has 1 aromatic rings. The Kier molecular flexibility index (Phi) is 6.95. The lowest BCUT2D eigenvalue weighted by Crippen LogP contribution is -2.25. The zero-order chi connectivity index (χ0) is 14.1. The van der Waals surface area contributed by atoms with Crippen LogP contribution in [0.1, 0.15) is 36.0 Å². The second kappa shape index (κ2) is 8.53. The van der Waals surface area contributed by atoms with Crippen LogP contribution in [0.5, 0.6) is 0 Å². The number of nitrogens with zero attached hydrogens (tertiary/aromatic N) is 1. The summed E-state index contributed by atoms with van der Waals surface area (Å²) in [7, 11) is 0. The van der Waals surface area contributed by atoms with Crippen LogP contribution >= 0.6 is 11.8 Å². The summed E-state index contributed by atoms with van der Waals surface area (Å²) in [5, 5.41) is 12.0.